The standard InChI is InChI=1S/C10H21N3O2/c1-3-8-7-13(5-4-12(8)2)9(6-11)10(14)15/h8-9H,3-7,11H2,1-2H3,(H,14,15). The Kier molecular flexibility index (Phi) is 4.50. The zero-order chi connectivity index (χ0) is 11.4. The predicted octanol–water partition coefficient (Wildman–Crippen LogP) is -0.576. The SMILES string of the molecule is CCC1CN(C(CN)C(=O)O)CCN1C. The summed E-state index contributed by atoms with van der Waals surface area (Å²) in [5.74, 6) is -0.808. The van der Waals surface area contributed by atoms with Crippen LogP contribution in [-0.4, -0.2) is 66.2 Å². The van der Waals surface area contributed by atoms with Gasteiger partial charge in [-0.15, -0.1) is 0 Å². The highest BCUT2D eigenvalue weighted by Crippen LogP contribution is 2.13. The van der Waals surface area contributed by atoms with E-state index in [-0.39, 0.29) is 6.54 Å². The first-order valence-corrected chi connectivity index (χ1v) is 5.47. The number of carbonyl (C=O) groups is 1. The minimum atomic E-state index is -0.808. The van der Waals surface area contributed by atoms with E-state index in [9.17, 15) is 4.79 Å². The van der Waals surface area contributed by atoms with Crippen molar-refractivity contribution in [2.24, 2.45) is 5.73 Å². The molecule has 0 aliphatic carbocycles. The molecule has 2 unspecified atom stereocenters. The molecule has 88 valence electrons. The van der Waals surface area contributed by atoms with Crippen molar-refractivity contribution in [3.63, 3.8) is 0 Å². The van der Waals surface area contributed by atoms with E-state index in [0.29, 0.717) is 6.04 Å². The molecule has 1 heterocycles. The van der Waals surface area contributed by atoms with Crippen molar-refractivity contribution in [1.82, 2.24) is 9.80 Å². The molecule has 0 spiro atoms. The van der Waals surface area contributed by atoms with E-state index in [1.165, 1.54) is 0 Å². The lowest BCUT2D eigenvalue weighted by atomic mass is 10.1. The van der Waals surface area contributed by atoms with Crippen LogP contribution in [0.3, 0.4) is 0 Å². The van der Waals surface area contributed by atoms with Gasteiger partial charge >= 0.3 is 5.97 Å². The number of carboxylic acid groups (broad SMARTS) is 1. The van der Waals surface area contributed by atoms with Crippen molar-refractivity contribution in [1.29, 1.82) is 0 Å². The lowest BCUT2D eigenvalue weighted by molar-refractivity contribution is -0.144. The number of aliphatic carboxylic acids is 1. The Hall–Kier alpha value is -0.650. The van der Waals surface area contributed by atoms with Crippen LogP contribution in [-0.2, 0) is 4.79 Å². The van der Waals surface area contributed by atoms with Gasteiger partial charge in [0.1, 0.15) is 6.04 Å². The Morgan fingerprint density at radius 2 is 2.27 bits per heavy atom. The van der Waals surface area contributed by atoms with E-state index in [0.717, 1.165) is 26.1 Å². The maximum atomic E-state index is 11.0. The molecule has 15 heavy (non-hydrogen) atoms. The number of nitrogens with two attached hydrogens (primary N) is 1. The van der Waals surface area contributed by atoms with Gasteiger partial charge in [0.15, 0.2) is 0 Å². The molecular formula is C10H21N3O2. The minimum absolute atomic E-state index is 0.190. The van der Waals surface area contributed by atoms with Crippen molar-refractivity contribution in [3.8, 4) is 0 Å². The zero-order valence-electron chi connectivity index (χ0n) is 9.52. The number of likely N-dealkylation sites (N-methyl/N-ethyl adjacent to an activating group) is 1. The van der Waals surface area contributed by atoms with Crippen LogP contribution >= 0.6 is 0 Å². The highest BCUT2D eigenvalue weighted by molar-refractivity contribution is 5.73. The fourth-order valence-corrected chi connectivity index (χ4v) is 2.10. The predicted molar refractivity (Wildman–Crippen MR) is 58.8 cm³/mol. The molecule has 1 saturated heterocycles. The van der Waals surface area contributed by atoms with E-state index in [1.807, 2.05) is 4.90 Å². The van der Waals surface area contributed by atoms with Gasteiger partial charge in [-0.3, -0.25) is 9.69 Å². The third-order valence-corrected chi connectivity index (χ3v) is 3.23. The maximum absolute atomic E-state index is 11.0. The average molecular weight is 215 g/mol. The van der Waals surface area contributed by atoms with E-state index < -0.39 is 12.0 Å². The zero-order valence-corrected chi connectivity index (χ0v) is 9.52. The smallest absolute Gasteiger partial charge is 0.322 e. The summed E-state index contributed by atoms with van der Waals surface area (Å²) < 4.78 is 0. The third kappa shape index (κ3) is 2.90. The Bertz CT molecular complexity index is 223. The first-order valence-electron chi connectivity index (χ1n) is 5.47. The number of hydrogen-bond donors (Lipinski definition) is 2. The minimum Gasteiger partial charge on any atom is -0.480 e. The molecule has 1 aliphatic heterocycles. The van der Waals surface area contributed by atoms with Crippen LogP contribution in [0.4, 0.5) is 0 Å². The van der Waals surface area contributed by atoms with Crippen LogP contribution in [0.1, 0.15) is 13.3 Å². The Balaban J connectivity index is 2.60. The summed E-state index contributed by atoms with van der Waals surface area (Å²) in [5.41, 5.74) is 5.49. The van der Waals surface area contributed by atoms with Crippen LogP contribution < -0.4 is 5.73 Å². The summed E-state index contributed by atoms with van der Waals surface area (Å²) in [7, 11) is 2.09. The Labute approximate surface area is 90.8 Å². The lowest BCUT2D eigenvalue weighted by Gasteiger charge is -2.41. The molecule has 1 fully saturated rings. The molecule has 0 amide bonds. The second-order valence-corrected chi connectivity index (χ2v) is 4.13. The van der Waals surface area contributed by atoms with Gasteiger partial charge in [-0.05, 0) is 13.5 Å². The van der Waals surface area contributed by atoms with E-state index in [4.69, 9.17) is 10.8 Å². The second kappa shape index (κ2) is 5.44. The number of hydrogen-bond acceptors (Lipinski definition) is 4. The van der Waals surface area contributed by atoms with Crippen LogP contribution in [0.15, 0.2) is 0 Å². The summed E-state index contributed by atoms with van der Waals surface area (Å²) in [6.07, 6.45) is 1.05. The molecule has 3 N–H and O–H groups in total. The van der Waals surface area contributed by atoms with Gasteiger partial charge in [0.05, 0.1) is 0 Å². The Morgan fingerprint density at radius 3 is 2.73 bits per heavy atom. The molecule has 5 nitrogen and oxygen atoms in total. The van der Waals surface area contributed by atoms with Gasteiger partial charge in [0, 0.05) is 32.2 Å². The quantitative estimate of drug-likeness (QED) is 0.657. The number of piperazine rings is 1. The fraction of sp³-hybridized carbons (Fsp3) is 0.900. The fourth-order valence-electron chi connectivity index (χ4n) is 2.10. The van der Waals surface area contributed by atoms with Gasteiger partial charge in [0.2, 0.25) is 0 Å². The average Bonchev–Trinajstić information content (AvgIpc) is 2.21. The summed E-state index contributed by atoms with van der Waals surface area (Å²) in [6.45, 7) is 4.84. The number of nitrogens with zero attached hydrogens (tertiary/aromatic N) is 2. The molecule has 0 aromatic heterocycles. The largest absolute Gasteiger partial charge is 0.480 e. The summed E-state index contributed by atoms with van der Waals surface area (Å²) >= 11 is 0. The molecule has 0 aromatic carbocycles. The normalized spacial score (nSPS) is 26.5. The van der Waals surface area contributed by atoms with Crippen molar-refractivity contribution >= 4 is 5.97 Å². The first kappa shape index (κ1) is 12.4. The van der Waals surface area contributed by atoms with Crippen molar-refractivity contribution in [3.05, 3.63) is 0 Å². The Morgan fingerprint density at radius 1 is 1.60 bits per heavy atom. The molecule has 5 heteroatoms. The van der Waals surface area contributed by atoms with Crippen LogP contribution in [0.25, 0.3) is 0 Å². The number of rotatable bonds is 4. The summed E-state index contributed by atoms with van der Waals surface area (Å²) in [6, 6.07) is -0.0695. The van der Waals surface area contributed by atoms with E-state index >= 15 is 0 Å². The molecule has 2 atom stereocenters. The van der Waals surface area contributed by atoms with Gasteiger partial charge < -0.3 is 15.7 Å². The van der Waals surface area contributed by atoms with Crippen LogP contribution in [0, 0.1) is 0 Å². The molecule has 1 rings (SSSR count). The van der Waals surface area contributed by atoms with E-state index in [2.05, 4.69) is 18.9 Å². The lowest BCUT2D eigenvalue weighted by Crippen LogP contribution is -2.57. The molecular weight excluding hydrogens is 194 g/mol. The van der Waals surface area contributed by atoms with E-state index in [1.54, 1.807) is 0 Å². The summed E-state index contributed by atoms with van der Waals surface area (Å²) in [4.78, 5) is 15.2. The molecule has 1 aliphatic rings. The van der Waals surface area contributed by atoms with Gasteiger partial charge in [-0.1, -0.05) is 6.92 Å². The summed E-state index contributed by atoms with van der Waals surface area (Å²) in [5, 5.41) is 9.02. The first-order chi connectivity index (χ1) is 7.10. The van der Waals surface area contributed by atoms with Crippen LogP contribution in [0.2, 0.25) is 0 Å². The maximum Gasteiger partial charge on any atom is 0.322 e. The van der Waals surface area contributed by atoms with Crippen molar-refractivity contribution < 1.29 is 9.90 Å². The molecule has 0 aromatic rings. The third-order valence-electron chi connectivity index (χ3n) is 3.23. The van der Waals surface area contributed by atoms with Gasteiger partial charge in [0.25, 0.3) is 0 Å². The molecule has 0 saturated carbocycles. The van der Waals surface area contributed by atoms with Crippen LogP contribution in [0.5, 0.6) is 0 Å². The van der Waals surface area contributed by atoms with Crippen molar-refractivity contribution in [2.75, 3.05) is 33.2 Å². The monoisotopic (exact) mass is 215 g/mol. The molecule has 0 bridgehead atoms. The van der Waals surface area contributed by atoms with Gasteiger partial charge in [-0.2, -0.15) is 0 Å². The molecule has 0 radical (unpaired) electrons. The topological polar surface area (TPSA) is 69.8 Å². The highest BCUT2D eigenvalue weighted by atomic mass is 16.4. The highest BCUT2D eigenvalue weighted by Gasteiger charge is 2.30. The second-order valence-electron chi connectivity index (χ2n) is 4.13. The number of carboxylic acids is 1. The van der Waals surface area contributed by atoms with Gasteiger partial charge in [-0.25, -0.2) is 0 Å². The van der Waals surface area contributed by atoms with Crippen molar-refractivity contribution in [2.45, 2.75) is 25.4 Å².